The molecule has 2 aromatic rings. The monoisotopic (exact) mass is 484 g/mol. The van der Waals surface area contributed by atoms with Crippen LogP contribution in [0.25, 0.3) is 0 Å². The Bertz CT molecular complexity index is 995. The highest BCUT2D eigenvalue weighted by atomic mass is 19.4. The van der Waals surface area contributed by atoms with Crippen LogP contribution in [0.5, 0.6) is 17.2 Å². The Labute approximate surface area is 195 Å². The molecule has 186 valence electrons. The average molecular weight is 484 g/mol. The summed E-state index contributed by atoms with van der Waals surface area (Å²) in [5, 5.41) is 12.4. The van der Waals surface area contributed by atoms with Gasteiger partial charge in [0, 0.05) is 12.3 Å². The van der Waals surface area contributed by atoms with Crippen LogP contribution in [0.4, 0.5) is 13.2 Å². The van der Waals surface area contributed by atoms with Gasteiger partial charge in [0.2, 0.25) is 0 Å². The third-order valence-corrected chi connectivity index (χ3v) is 4.90. The molecule has 11 heteroatoms. The van der Waals surface area contributed by atoms with Gasteiger partial charge >= 0.3 is 12.1 Å². The van der Waals surface area contributed by atoms with Gasteiger partial charge in [-0.3, -0.25) is 4.79 Å². The molecule has 0 aliphatic rings. The maximum absolute atomic E-state index is 12.8. The summed E-state index contributed by atoms with van der Waals surface area (Å²) in [5.41, 5.74) is -1.13. The number of rotatable bonds is 9. The minimum absolute atomic E-state index is 0.0455. The minimum Gasteiger partial charge on any atom is -0.503 e. The lowest BCUT2D eigenvalue weighted by molar-refractivity contribution is -0.155. The van der Waals surface area contributed by atoms with Gasteiger partial charge in [0.1, 0.15) is 24.0 Å². The molecular formula is C23H27F3N2O6. The standard InChI is InChI=1S/C23H27F3N2O6/c1-12(2)20(34-16-8-6-15(7-9-16)23(24,25)26)14(4)33-22(31)13(3)28-21(30)18-19(29)17(32-5)10-11-27-18/h6-14,20,29H,1-5H3,(H,28,30)/t13-,14-,20+/m0/s1. The number of nitrogens with zero attached hydrogens (tertiary/aromatic N) is 1. The minimum atomic E-state index is -4.46. The zero-order chi connectivity index (χ0) is 25.6. The predicted octanol–water partition coefficient (Wildman–Crippen LogP) is 3.97. The highest BCUT2D eigenvalue weighted by Gasteiger charge is 2.32. The zero-order valence-corrected chi connectivity index (χ0v) is 19.3. The van der Waals surface area contributed by atoms with Crippen molar-refractivity contribution in [1.82, 2.24) is 10.3 Å². The Kier molecular flexibility index (Phi) is 8.72. The Balaban J connectivity index is 2.03. The van der Waals surface area contributed by atoms with E-state index in [1.54, 1.807) is 6.92 Å². The summed E-state index contributed by atoms with van der Waals surface area (Å²) < 4.78 is 54.4. The van der Waals surface area contributed by atoms with Gasteiger partial charge in [-0.2, -0.15) is 13.2 Å². The Hall–Kier alpha value is -3.50. The molecule has 0 fully saturated rings. The van der Waals surface area contributed by atoms with Crippen molar-refractivity contribution in [3.8, 4) is 17.2 Å². The molecule has 1 amide bonds. The third kappa shape index (κ3) is 6.75. The second-order valence-electron chi connectivity index (χ2n) is 7.90. The van der Waals surface area contributed by atoms with Crippen LogP contribution in [0.3, 0.4) is 0 Å². The van der Waals surface area contributed by atoms with Gasteiger partial charge in [-0.15, -0.1) is 0 Å². The molecule has 0 unspecified atom stereocenters. The van der Waals surface area contributed by atoms with Crippen molar-refractivity contribution < 1.29 is 42.1 Å². The van der Waals surface area contributed by atoms with Crippen LogP contribution in [-0.2, 0) is 15.7 Å². The van der Waals surface area contributed by atoms with Crippen molar-refractivity contribution >= 4 is 11.9 Å². The van der Waals surface area contributed by atoms with E-state index in [2.05, 4.69) is 10.3 Å². The van der Waals surface area contributed by atoms with Crippen LogP contribution >= 0.6 is 0 Å². The van der Waals surface area contributed by atoms with E-state index < -0.39 is 47.6 Å². The third-order valence-electron chi connectivity index (χ3n) is 4.90. The fourth-order valence-corrected chi connectivity index (χ4v) is 3.10. The van der Waals surface area contributed by atoms with E-state index in [1.165, 1.54) is 38.4 Å². The number of methoxy groups -OCH3 is 1. The molecule has 8 nitrogen and oxygen atoms in total. The number of carbonyl (C=O) groups is 2. The molecule has 34 heavy (non-hydrogen) atoms. The molecular weight excluding hydrogens is 457 g/mol. The SMILES string of the molecule is COc1ccnc(C(=O)N[C@@H](C)C(=O)O[C@@H](C)[C@H](Oc2ccc(C(F)(F)F)cc2)C(C)C)c1O. The fourth-order valence-electron chi connectivity index (χ4n) is 3.10. The second kappa shape index (κ2) is 11.1. The zero-order valence-electron chi connectivity index (χ0n) is 19.3. The summed E-state index contributed by atoms with van der Waals surface area (Å²) in [7, 11) is 1.32. The molecule has 0 saturated heterocycles. The summed E-state index contributed by atoms with van der Waals surface area (Å²) in [5.74, 6) is -1.98. The summed E-state index contributed by atoms with van der Waals surface area (Å²) in [6.07, 6.45) is -4.66. The number of esters is 1. The lowest BCUT2D eigenvalue weighted by Crippen LogP contribution is -2.44. The maximum atomic E-state index is 12.8. The molecule has 0 saturated carbocycles. The largest absolute Gasteiger partial charge is 0.503 e. The van der Waals surface area contributed by atoms with Crippen molar-refractivity contribution in [1.29, 1.82) is 0 Å². The molecule has 0 bridgehead atoms. The number of benzene rings is 1. The van der Waals surface area contributed by atoms with Crippen LogP contribution in [-0.4, -0.2) is 47.3 Å². The van der Waals surface area contributed by atoms with Gasteiger partial charge < -0.3 is 24.6 Å². The Morgan fingerprint density at radius 2 is 1.68 bits per heavy atom. The van der Waals surface area contributed by atoms with Crippen molar-refractivity contribution in [3.63, 3.8) is 0 Å². The maximum Gasteiger partial charge on any atom is 0.416 e. The molecule has 1 heterocycles. The first kappa shape index (κ1) is 26.7. The highest BCUT2D eigenvalue weighted by molar-refractivity contribution is 5.97. The predicted molar refractivity (Wildman–Crippen MR) is 116 cm³/mol. The van der Waals surface area contributed by atoms with Gasteiger partial charge in [-0.25, -0.2) is 9.78 Å². The first-order valence-corrected chi connectivity index (χ1v) is 10.4. The van der Waals surface area contributed by atoms with Crippen LogP contribution in [0.15, 0.2) is 36.5 Å². The number of alkyl halides is 3. The van der Waals surface area contributed by atoms with E-state index in [1.807, 2.05) is 13.8 Å². The van der Waals surface area contributed by atoms with Crippen molar-refractivity contribution in [2.45, 2.75) is 52.1 Å². The Morgan fingerprint density at radius 3 is 2.21 bits per heavy atom. The van der Waals surface area contributed by atoms with E-state index in [-0.39, 0.29) is 23.1 Å². The number of amides is 1. The smallest absolute Gasteiger partial charge is 0.416 e. The van der Waals surface area contributed by atoms with Crippen LogP contribution in [0.1, 0.15) is 43.7 Å². The molecule has 0 spiro atoms. The first-order chi connectivity index (χ1) is 15.8. The molecule has 2 rings (SSSR count). The van der Waals surface area contributed by atoms with Crippen LogP contribution < -0.4 is 14.8 Å². The van der Waals surface area contributed by atoms with Gasteiger partial charge in [-0.05, 0) is 44.0 Å². The number of ether oxygens (including phenoxy) is 3. The first-order valence-electron chi connectivity index (χ1n) is 10.4. The molecule has 1 aromatic heterocycles. The number of aromatic hydroxyl groups is 1. The van der Waals surface area contributed by atoms with Gasteiger partial charge in [0.05, 0.1) is 12.7 Å². The number of carbonyl (C=O) groups excluding carboxylic acids is 2. The topological polar surface area (TPSA) is 107 Å². The summed E-state index contributed by atoms with van der Waals surface area (Å²) >= 11 is 0. The average Bonchev–Trinajstić information content (AvgIpc) is 2.76. The van der Waals surface area contributed by atoms with Crippen LogP contribution in [0, 0.1) is 5.92 Å². The molecule has 0 radical (unpaired) electrons. The van der Waals surface area contributed by atoms with E-state index in [4.69, 9.17) is 14.2 Å². The molecule has 0 aliphatic heterocycles. The highest BCUT2D eigenvalue weighted by Crippen LogP contribution is 2.31. The molecule has 1 aromatic carbocycles. The fraction of sp³-hybridized carbons (Fsp3) is 0.435. The number of halogens is 3. The van der Waals surface area contributed by atoms with Crippen molar-refractivity contribution in [3.05, 3.63) is 47.8 Å². The molecule has 0 aliphatic carbocycles. The van der Waals surface area contributed by atoms with E-state index >= 15 is 0 Å². The van der Waals surface area contributed by atoms with Crippen LogP contribution in [0.2, 0.25) is 0 Å². The quantitative estimate of drug-likeness (QED) is 0.519. The number of pyridine rings is 1. The Morgan fingerprint density at radius 1 is 1.06 bits per heavy atom. The second-order valence-corrected chi connectivity index (χ2v) is 7.90. The van der Waals surface area contributed by atoms with Crippen molar-refractivity contribution in [2.24, 2.45) is 5.92 Å². The normalized spacial score (nSPS) is 14.1. The number of aromatic nitrogens is 1. The van der Waals surface area contributed by atoms with E-state index in [0.29, 0.717) is 0 Å². The van der Waals surface area contributed by atoms with Gasteiger partial charge in [0.15, 0.2) is 17.2 Å². The number of hydrogen-bond donors (Lipinski definition) is 2. The van der Waals surface area contributed by atoms with Crippen molar-refractivity contribution in [2.75, 3.05) is 7.11 Å². The summed E-state index contributed by atoms with van der Waals surface area (Å²) in [4.78, 5) is 28.7. The number of nitrogens with one attached hydrogen (secondary N) is 1. The number of hydrogen-bond acceptors (Lipinski definition) is 7. The van der Waals surface area contributed by atoms with E-state index in [9.17, 15) is 27.9 Å². The lowest BCUT2D eigenvalue weighted by atomic mass is 10.0. The summed E-state index contributed by atoms with van der Waals surface area (Å²) in [6, 6.07) is 4.48. The molecule has 2 N–H and O–H groups in total. The van der Waals surface area contributed by atoms with Gasteiger partial charge in [0.25, 0.3) is 5.91 Å². The van der Waals surface area contributed by atoms with E-state index in [0.717, 1.165) is 12.1 Å². The molecule has 3 atom stereocenters. The lowest BCUT2D eigenvalue weighted by Gasteiger charge is -2.29. The summed E-state index contributed by atoms with van der Waals surface area (Å²) in [6.45, 7) is 6.59. The van der Waals surface area contributed by atoms with Gasteiger partial charge in [-0.1, -0.05) is 13.8 Å².